The number of guanidine groups is 1. The Labute approximate surface area is 186 Å². The average molecular weight is 506 g/mol. The standard InChI is InChI=1S/C20H34N4O3.HI/c1-20(2,3)17(27-7)13-22-19(23-14-18(25)24(4)5)21-12-15-8-10-16(26-6)11-9-15;/h8-11,17H,12-14H2,1-7H3,(H2,21,22,23);1H. The molecule has 0 spiro atoms. The first-order valence-corrected chi connectivity index (χ1v) is 9.05. The van der Waals surface area contributed by atoms with Crippen LogP contribution in [0.25, 0.3) is 0 Å². The fourth-order valence-corrected chi connectivity index (χ4v) is 2.33. The fourth-order valence-electron chi connectivity index (χ4n) is 2.33. The minimum Gasteiger partial charge on any atom is -0.497 e. The van der Waals surface area contributed by atoms with Crippen molar-refractivity contribution < 1.29 is 14.3 Å². The van der Waals surface area contributed by atoms with Crippen molar-refractivity contribution in [2.75, 3.05) is 41.4 Å². The highest BCUT2D eigenvalue weighted by atomic mass is 127. The number of nitrogens with one attached hydrogen (secondary N) is 2. The van der Waals surface area contributed by atoms with Crippen molar-refractivity contribution in [2.45, 2.75) is 33.4 Å². The van der Waals surface area contributed by atoms with Gasteiger partial charge in [-0.3, -0.25) is 4.79 Å². The summed E-state index contributed by atoms with van der Waals surface area (Å²) >= 11 is 0. The molecule has 0 saturated heterocycles. The van der Waals surface area contributed by atoms with Crippen LogP contribution < -0.4 is 15.4 Å². The van der Waals surface area contributed by atoms with Gasteiger partial charge in [-0.15, -0.1) is 24.0 Å². The Morgan fingerprint density at radius 1 is 1.14 bits per heavy atom. The summed E-state index contributed by atoms with van der Waals surface area (Å²) in [6, 6.07) is 7.75. The lowest BCUT2D eigenvalue weighted by atomic mass is 9.89. The fraction of sp³-hybridized carbons (Fsp3) is 0.600. The van der Waals surface area contributed by atoms with Gasteiger partial charge in [0.15, 0.2) is 5.96 Å². The molecule has 1 aromatic carbocycles. The Kier molecular flexibility index (Phi) is 12.1. The zero-order chi connectivity index (χ0) is 20.4. The first-order valence-electron chi connectivity index (χ1n) is 9.05. The largest absolute Gasteiger partial charge is 0.497 e. The SMILES string of the molecule is COc1ccc(CN=C(NCC(=O)N(C)C)NCC(OC)C(C)(C)C)cc1.I. The van der Waals surface area contributed by atoms with Crippen LogP contribution in [-0.4, -0.2) is 64.3 Å². The van der Waals surface area contributed by atoms with Crippen LogP contribution in [0.4, 0.5) is 0 Å². The molecule has 1 amide bonds. The van der Waals surface area contributed by atoms with Crippen LogP contribution in [0, 0.1) is 5.41 Å². The van der Waals surface area contributed by atoms with Gasteiger partial charge >= 0.3 is 0 Å². The first-order chi connectivity index (χ1) is 12.7. The van der Waals surface area contributed by atoms with Gasteiger partial charge in [0.2, 0.25) is 5.91 Å². The van der Waals surface area contributed by atoms with Gasteiger partial charge < -0.3 is 25.0 Å². The molecule has 0 aliphatic heterocycles. The van der Waals surface area contributed by atoms with E-state index in [1.165, 1.54) is 0 Å². The van der Waals surface area contributed by atoms with E-state index in [0.717, 1.165) is 11.3 Å². The second-order valence-electron chi connectivity index (χ2n) is 7.63. The molecule has 160 valence electrons. The molecule has 0 saturated carbocycles. The third-order valence-corrected chi connectivity index (χ3v) is 4.19. The van der Waals surface area contributed by atoms with E-state index in [9.17, 15) is 4.79 Å². The molecule has 1 aromatic rings. The molecule has 7 nitrogen and oxygen atoms in total. The van der Waals surface area contributed by atoms with Crippen LogP contribution in [0.1, 0.15) is 26.3 Å². The van der Waals surface area contributed by atoms with Crippen LogP contribution >= 0.6 is 24.0 Å². The maximum absolute atomic E-state index is 11.9. The Balaban J connectivity index is 0.00000729. The highest BCUT2D eigenvalue weighted by Gasteiger charge is 2.24. The topological polar surface area (TPSA) is 75.2 Å². The van der Waals surface area contributed by atoms with Gasteiger partial charge in [-0.2, -0.15) is 0 Å². The molecular formula is C20H35IN4O3. The molecular weight excluding hydrogens is 471 g/mol. The highest BCUT2D eigenvalue weighted by molar-refractivity contribution is 14.0. The van der Waals surface area contributed by atoms with E-state index in [4.69, 9.17) is 9.47 Å². The number of ether oxygens (including phenoxy) is 2. The van der Waals surface area contributed by atoms with Gasteiger partial charge in [0.25, 0.3) is 0 Å². The normalized spacial score (nSPS) is 12.6. The molecule has 1 rings (SSSR count). The number of hydrogen-bond acceptors (Lipinski definition) is 4. The van der Waals surface area contributed by atoms with E-state index in [0.29, 0.717) is 19.0 Å². The summed E-state index contributed by atoms with van der Waals surface area (Å²) in [5.74, 6) is 1.37. The van der Waals surface area contributed by atoms with Crippen molar-refractivity contribution >= 4 is 35.8 Å². The summed E-state index contributed by atoms with van der Waals surface area (Å²) < 4.78 is 10.8. The number of likely N-dealkylation sites (N-methyl/N-ethyl adjacent to an activating group) is 1. The van der Waals surface area contributed by atoms with Gasteiger partial charge in [0, 0.05) is 27.7 Å². The highest BCUT2D eigenvalue weighted by Crippen LogP contribution is 2.20. The average Bonchev–Trinajstić information content (AvgIpc) is 2.62. The van der Waals surface area contributed by atoms with Gasteiger partial charge in [-0.05, 0) is 23.1 Å². The number of hydrogen-bond donors (Lipinski definition) is 2. The van der Waals surface area contributed by atoms with Crippen molar-refractivity contribution in [2.24, 2.45) is 10.4 Å². The van der Waals surface area contributed by atoms with Crippen LogP contribution in [0.2, 0.25) is 0 Å². The molecule has 0 fully saturated rings. The third kappa shape index (κ3) is 9.59. The van der Waals surface area contributed by atoms with Crippen LogP contribution in [-0.2, 0) is 16.1 Å². The van der Waals surface area contributed by atoms with Gasteiger partial charge in [0.1, 0.15) is 5.75 Å². The minimum atomic E-state index is -0.0203. The molecule has 0 aliphatic carbocycles. The minimum absolute atomic E-state index is 0. The molecule has 1 unspecified atom stereocenters. The van der Waals surface area contributed by atoms with Crippen LogP contribution in [0.3, 0.4) is 0 Å². The molecule has 0 aliphatic rings. The summed E-state index contributed by atoms with van der Waals surface area (Å²) in [5.41, 5.74) is 1.04. The summed E-state index contributed by atoms with van der Waals surface area (Å²) in [7, 11) is 6.80. The van der Waals surface area contributed by atoms with Crippen molar-refractivity contribution in [3.05, 3.63) is 29.8 Å². The Morgan fingerprint density at radius 3 is 2.21 bits per heavy atom. The number of aliphatic imine (C=N–C) groups is 1. The van der Waals surface area contributed by atoms with Gasteiger partial charge in [-0.1, -0.05) is 32.9 Å². The summed E-state index contributed by atoms with van der Waals surface area (Å²) in [6.45, 7) is 7.63. The number of methoxy groups -OCH3 is 2. The lowest BCUT2D eigenvalue weighted by Crippen LogP contribution is -2.47. The smallest absolute Gasteiger partial charge is 0.241 e. The molecule has 28 heavy (non-hydrogen) atoms. The van der Waals surface area contributed by atoms with Crippen molar-refractivity contribution in [1.82, 2.24) is 15.5 Å². The molecule has 8 heteroatoms. The Bertz CT molecular complexity index is 613. The lowest BCUT2D eigenvalue weighted by molar-refractivity contribution is -0.127. The van der Waals surface area contributed by atoms with E-state index >= 15 is 0 Å². The van der Waals surface area contributed by atoms with E-state index in [1.807, 2.05) is 24.3 Å². The van der Waals surface area contributed by atoms with E-state index in [1.54, 1.807) is 33.2 Å². The zero-order valence-electron chi connectivity index (χ0n) is 18.0. The summed E-state index contributed by atoms with van der Waals surface area (Å²) in [4.78, 5) is 18.0. The predicted molar refractivity (Wildman–Crippen MR) is 124 cm³/mol. The van der Waals surface area contributed by atoms with E-state index < -0.39 is 0 Å². The molecule has 0 aromatic heterocycles. The van der Waals surface area contributed by atoms with E-state index in [-0.39, 0.29) is 47.9 Å². The van der Waals surface area contributed by atoms with Crippen LogP contribution in [0.5, 0.6) is 5.75 Å². The molecule has 1 atom stereocenters. The molecule has 0 radical (unpaired) electrons. The number of nitrogens with zero attached hydrogens (tertiary/aromatic N) is 2. The number of carbonyl (C=O) groups is 1. The number of amides is 1. The van der Waals surface area contributed by atoms with Gasteiger partial charge in [-0.25, -0.2) is 4.99 Å². The van der Waals surface area contributed by atoms with Gasteiger partial charge in [0.05, 0.1) is 26.3 Å². The maximum Gasteiger partial charge on any atom is 0.241 e. The third-order valence-electron chi connectivity index (χ3n) is 4.19. The summed E-state index contributed by atoms with van der Waals surface area (Å²) in [6.07, 6.45) is 0.00929. The number of carbonyl (C=O) groups excluding carboxylic acids is 1. The lowest BCUT2D eigenvalue weighted by Gasteiger charge is -2.30. The van der Waals surface area contributed by atoms with Crippen LogP contribution in [0.15, 0.2) is 29.3 Å². The van der Waals surface area contributed by atoms with Crippen molar-refractivity contribution in [3.8, 4) is 5.75 Å². The second kappa shape index (κ2) is 12.8. The van der Waals surface area contributed by atoms with Crippen molar-refractivity contribution in [1.29, 1.82) is 0 Å². The Morgan fingerprint density at radius 2 is 1.75 bits per heavy atom. The molecule has 0 heterocycles. The predicted octanol–water partition coefficient (Wildman–Crippen LogP) is 2.50. The monoisotopic (exact) mass is 506 g/mol. The maximum atomic E-state index is 11.9. The first kappa shape index (κ1) is 26.4. The number of halogens is 1. The molecule has 2 N–H and O–H groups in total. The second-order valence-corrected chi connectivity index (χ2v) is 7.63. The Hall–Kier alpha value is -1.55. The quantitative estimate of drug-likeness (QED) is 0.322. The number of rotatable bonds is 8. The van der Waals surface area contributed by atoms with E-state index in [2.05, 4.69) is 36.4 Å². The molecule has 0 bridgehead atoms. The zero-order valence-corrected chi connectivity index (χ0v) is 20.4. The van der Waals surface area contributed by atoms with Crippen molar-refractivity contribution in [3.63, 3.8) is 0 Å². The summed E-state index contributed by atoms with van der Waals surface area (Å²) in [5, 5.41) is 6.37. The number of benzene rings is 1.